The topological polar surface area (TPSA) is 29.5 Å². The highest BCUT2D eigenvalue weighted by Crippen LogP contribution is 2.15. The van der Waals surface area contributed by atoms with Gasteiger partial charge in [0.15, 0.2) is 0 Å². The number of hydrogen-bond donors (Lipinski definition) is 1. The number of hydrogen-bond acceptors (Lipinski definition) is 2. The standard InChI is InChI=1S/C15H14O2/c1-17-15-10-6-13(7-11-15)3-2-12-4-8-14(16)9-5-12/h2-11,16H,1H3/b3-2-. The highest BCUT2D eigenvalue weighted by atomic mass is 16.5. The second kappa shape index (κ2) is 5.21. The lowest BCUT2D eigenvalue weighted by atomic mass is 10.1. The maximum absolute atomic E-state index is 9.16. The molecule has 17 heavy (non-hydrogen) atoms. The Bertz CT molecular complexity index is 495. The lowest BCUT2D eigenvalue weighted by Gasteiger charge is -1.99. The van der Waals surface area contributed by atoms with Crippen LogP contribution in [0.2, 0.25) is 0 Å². The number of phenols is 1. The largest absolute Gasteiger partial charge is 0.508 e. The van der Waals surface area contributed by atoms with Gasteiger partial charge < -0.3 is 9.84 Å². The van der Waals surface area contributed by atoms with Crippen LogP contribution in [0.25, 0.3) is 12.2 Å². The Morgan fingerprint density at radius 1 is 0.824 bits per heavy atom. The summed E-state index contributed by atoms with van der Waals surface area (Å²) in [5, 5.41) is 9.16. The van der Waals surface area contributed by atoms with E-state index < -0.39 is 0 Å². The molecule has 0 saturated heterocycles. The van der Waals surface area contributed by atoms with Gasteiger partial charge in [0.25, 0.3) is 0 Å². The first kappa shape index (κ1) is 11.3. The minimum absolute atomic E-state index is 0.284. The average Bonchev–Trinajstić information content (AvgIpc) is 2.39. The van der Waals surface area contributed by atoms with E-state index in [9.17, 15) is 0 Å². The first-order valence-corrected chi connectivity index (χ1v) is 5.39. The summed E-state index contributed by atoms with van der Waals surface area (Å²) in [6.45, 7) is 0. The molecule has 0 saturated carbocycles. The third kappa shape index (κ3) is 3.11. The molecule has 2 rings (SSSR count). The molecule has 0 bridgehead atoms. The highest BCUT2D eigenvalue weighted by Gasteiger charge is 1.91. The summed E-state index contributed by atoms with van der Waals surface area (Å²) in [6, 6.07) is 14.9. The normalized spacial score (nSPS) is 10.6. The van der Waals surface area contributed by atoms with Gasteiger partial charge in [-0.1, -0.05) is 36.4 Å². The third-order valence-corrected chi connectivity index (χ3v) is 2.48. The van der Waals surface area contributed by atoms with Gasteiger partial charge >= 0.3 is 0 Å². The van der Waals surface area contributed by atoms with Crippen LogP contribution in [0.15, 0.2) is 48.5 Å². The van der Waals surface area contributed by atoms with Gasteiger partial charge in [-0.3, -0.25) is 0 Å². The van der Waals surface area contributed by atoms with Crippen LogP contribution in [-0.4, -0.2) is 12.2 Å². The molecule has 0 aliphatic rings. The van der Waals surface area contributed by atoms with Crippen molar-refractivity contribution in [2.45, 2.75) is 0 Å². The van der Waals surface area contributed by atoms with E-state index in [1.807, 2.05) is 48.6 Å². The van der Waals surface area contributed by atoms with Crippen LogP contribution in [0, 0.1) is 0 Å². The molecule has 0 unspecified atom stereocenters. The molecule has 2 heteroatoms. The number of ether oxygens (including phenoxy) is 1. The van der Waals surface area contributed by atoms with Crippen molar-refractivity contribution in [2.24, 2.45) is 0 Å². The van der Waals surface area contributed by atoms with Crippen molar-refractivity contribution in [3.8, 4) is 11.5 Å². The van der Waals surface area contributed by atoms with Gasteiger partial charge in [-0.15, -0.1) is 0 Å². The molecule has 0 fully saturated rings. The zero-order chi connectivity index (χ0) is 12.1. The van der Waals surface area contributed by atoms with Crippen LogP contribution >= 0.6 is 0 Å². The molecule has 0 spiro atoms. The lowest BCUT2D eigenvalue weighted by molar-refractivity contribution is 0.415. The molecule has 2 nitrogen and oxygen atoms in total. The zero-order valence-electron chi connectivity index (χ0n) is 9.63. The fourth-order valence-corrected chi connectivity index (χ4v) is 1.49. The van der Waals surface area contributed by atoms with Gasteiger partial charge in [0.2, 0.25) is 0 Å². The first-order chi connectivity index (χ1) is 8.28. The first-order valence-electron chi connectivity index (χ1n) is 5.39. The van der Waals surface area contributed by atoms with Crippen molar-refractivity contribution in [1.29, 1.82) is 0 Å². The van der Waals surface area contributed by atoms with Crippen molar-refractivity contribution < 1.29 is 9.84 Å². The molecule has 1 N–H and O–H groups in total. The van der Waals surface area contributed by atoms with Gasteiger partial charge in [0.1, 0.15) is 11.5 Å². The summed E-state index contributed by atoms with van der Waals surface area (Å²) in [5.74, 6) is 1.14. The summed E-state index contributed by atoms with van der Waals surface area (Å²) in [5.41, 5.74) is 2.16. The minimum atomic E-state index is 0.284. The van der Waals surface area contributed by atoms with Gasteiger partial charge in [-0.2, -0.15) is 0 Å². The van der Waals surface area contributed by atoms with Crippen LogP contribution in [0.3, 0.4) is 0 Å². The van der Waals surface area contributed by atoms with Crippen molar-refractivity contribution in [1.82, 2.24) is 0 Å². The van der Waals surface area contributed by atoms with E-state index >= 15 is 0 Å². The van der Waals surface area contributed by atoms with Crippen LogP contribution < -0.4 is 4.74 Å². The number of methoxy groups -OCH3 is 1. The predicted molar refractivity (Wildman–Crippen MR) is 70.0 cm³/mol. The maximum atomic E-state index is 9.16. The van der Waals surface area contributed by atoms with Gasteiger partial charge in [-0.25, -0.2) is 0 Å². The Morgan fingerprint density at radius 3 is 1.76 bits per heavy atom. The fraction of sp³-hybridized carbons (Fsp3) is 0.0667. The number of rotatable bonds is 3. The zero-order valence-corrected chi connectivity index (χ0v) is 9.63. The second-order valence-electron chi connectivity index (χ2n) is 3.70. The number of aromatic hydroxyl groups is 1. The second-order valence-corrected chi connectivity index (χ2v) is 3.70. The van der Waals surface area contributed by atoms with Crippen LogP contribution in [0.1, 0.15) is 11.1 Å². The van der Waals surface area contributed by atoms with E-state index in [0.717, 1.165) is 16.9 Å². The SMILES string of the molecule is COc1ccc(/C=C\c2ccc(O)cc2)cc1. The van der Waals surface area contributed by atoms with Crippen LogP contribution in [-0.2, 0) is 0 Å². The monoisotopic (exact) mass is 226 g/mol. The van der Waals surface area contributed by atoms with Gasteiger partial charge in [0, 0.05) is 0 Å². The molecule has 0 amide bonds. The Morgan fingerprint density at radius 2 is 1.29 bits per heavy atom. The summed E-state index contributed by atoms with van der Waals surface area (Å²) in [4.78, 5) is 0. The fourth-order valence-electron chi connectivity index (χ4n) is 1.49. The van der Waals surface area contributed by atoms with E-state index in [1.165, 1.54) is 0 Å². The summed E-state index contributed by atoms with van der Waals surface area (Å²) in [6.07, 6.45) is 4.02. The summed E-state index contributed by atoms with van der Waals surface area (Å²) in [7, 11) is 1.65. The van der Waals surface area contributed by atoms with E-state index in [0.29, 0.717) is 0 Å². The Kier molecular flexibility index (Phi) is 3.46. The molecule has 0 aromatic heterocycles. The van der Waals surface area contributed by atoms with Crippen molar-refractivity contribution in [3.05, 3.63) is 59.7 Å². The smallest absolute Gasteiger partial charge is 0.118 e. The van der Waals surface area contributed by atoms with E-state index in [1.54, 1.807) is 19.2 Å². The van der Waals surface area contributed by atoms with Gasteiger partial charge in [-0.05, 0) is 35.4 Å². The molecule has 0 heterocycles. The van der Waals surface area contributed by atoms with E-state index in [-0.39, 0.29) is 5.75 Å². The maximum Gasteiger partial charge on any atom is 0.118 e. The van der Waals surface area contributed by atoms with Gasteiger partial charge in [0.05, 0.1) is 7.11 Å². The highest BCUT2D eigenvalue weighted by molar-refractivity contribution is 5.70. The van der Waals surface area contributed by atoms with E-state index in [2.05, 4.69) is 0 Å². The van der Waals surface area contributed by atoms with Crippen LogP contribution in [0.5, 0.6) is 11.5 Å². The number of phenolic OH excluding ortho intramolecular Hbond substituents is 1. The molecule has 2 aromatic rings. The molecule has 0 aliphatic carbocycles. The lowest BCUT2D eigenvalue weighted by Crippen LogP contribution is -1.81. The molecule has 0 aliphatic heterocycles. The van der Waals surface area contributed by atoms with Crippen molar-refractivity contribution in [2.75, 3.05) is 7.11 Å². The summed E-state index contributed by atoms with van der Waals surface area (Å²) < 4.78 is 5.09. The molecule has 86 valence electrons. The van der Waals surface area contributed by atoms with Crippen molar-refractivity contribution >= 4 is 12.2 Å². The molecular formula is C15H14O2. The van der Waals surface area contributed by atoms with Crippen LogP contribution in [0.4, 0.5) is 0 Å². The molecule has 0 radical (unpaired) electrons. The number of benzene rings is 2. The Hall–Kier alpha value is -2.22. The third-order valence-electron chi connectivity index (χ3n) is 2.48. The van der Waals surface area contributed by atoms with E-state index in [4.69, 9.17) is 9.84 Å². The average molecular weight is 226 g/mol. The predicted octanol–water partition coefficient (Wildman–Crippen LogP) is 3.57. The quantitative estimate of drug-likeness (QED) is 0.811. The Balaban J connectivity index is 2.11. The van der Waals surface area contributed by atoms with Crippen molar-refractivity contribution in [3.63, 3.8) is 0 Å². The molecular weight excluding hydrogens is 212 g/mol. The Labute approximate surface area is 101 Å². The minimum Gasteiger partial charge on any atom is -0.508 e. The summed E-state index contributed by atoms with van der Waals surface area (Å²) >= 11 is 0. The molecule has 2 aromatic carbocycles. The molecule has 0 atom stereocenters.